The lowest BCUT2D eigenvalue weighted by molar-refractivity contribution is 0.102. The molecule has 2 heterocycles. The lowest BCUT2D eigenvalue weighted by atomic mass is 9.91. The molecule has 0 saturated carbocycles. The molecule has 26 heavy (non-hydrogen) atoms. The Balaban J connectivity index is 1.79. The van der Waals surface area contributed by atoms with Crippen molar-refractivity contribution in [3.63, 3.8) is 0 Å². The van der Waals surface area contributed by atoms with Gasteiger partial charge in [0.15, 0.2) is 5.78 Å². The highest BCUT2D eigenvalue weighted by atomic mass is 32.2. The molecule has 3 N–H and O–H groups in total. The van der Waals surface area contributed by atoms with Gasteiger partial charge in [0, 0.05) is 24.5 Å². The van der Waals surface area contributed by atoms with Crippen LogP contribution in [-0.2, 0) is 17.7 Å². The van der Waals surface area contributed by atoms with Crippen molar-refractivity contribution in [2.24, 2.45) is 16.1 Å². The Morgan fingerprint density at radius 2 is 2.19 bits per heavy atom. The summed E-state index contributed by atoms with van der Waals surface area (Å²) in [4.78, 5) is 12.7. The van der Waals surface area contributed by atoms with Crippen LogP contribution in [0, 0.1) is 17.6 Å². The molecule has 3 rings (SSSR count). The average Bonchev–Trinajstić information content (AvgIpc) is 3.04. The number of carbonyl (C=O) groups excluding carboxylic acids is 1. The van der Waals surface area contributed by atoms with Gasteiger partial charge in [-0.05, 0) is 30.5 Å². The number of benzene rings is 1. The van der Waals surface area contributed by atoms with Gasteiger partial charge >= 0.3 is 0 Å². The molecule has 3 unspecified atom stereocenters. The fraction of sp³-hybridized carbons (Fsp3) is 0.312. The maximum atomic E-state index is 14.7. The Morgan fingerprint density at radius 1 is 1.38 bits per heavy atom. The summed E-state index contributed by atoms with van der Waals surface area (Å²) in [6.07, 6.45) is 4.60. The van der Waals surface area contributed by atoms with Crippen LogP contribution in [-0.4, -0.2) is 27.3 Å². The molecule has 2 aliphatic rings. The first-order valence-electron chi connectivity index (χ1n) is 7.87. The summed E-state index contributed by atoms with van der Waals surface area (Å²) >= 11 is -2.16. The molecule has 0 spiro atoms. The number of nitrogens with zero attached hydrogens (tertiary/aromatic N) is 2. The maximum absolute atomic E-state index is 14.7. The Labute approximate surface area is 150 Å². The number of halogens is 2. The predicted octanol–water partition coefficient (Wildman–Crippen LogP) is 2.22. The zero-order valence-corrected chi connectivity index (χ0v) is 14.3. The van der Waals surface area contributed by atoms with Crippen LogP contribution in [0.2, 0.25) is 0 Å². The number of azo groups is 1. The van der Waals surface area contributed by atoms with Gasteiger partial charge in [-0.1, -0.05) is 6.08 Å². The van der Waals surface area contributed by atoms with E-state index in [0.717, 1.165) is 12.1 Å². The summed E-state index contributed by atoms with van der Waals surface area (Å²) in [5, 5.41) is 10.6. The number of Topliss-reactive ketones (excluding diaryl/α,β-unsaturated/α-hetero) is 1. The van der Waals surface area contributed by atoms with Gasteiger partial charge in [0.1, 0.15) is 17.8 Å². The van der Waals surface area contributed by atoms with Crippen LogP contribution >= 0.6 is 0 Å². The Bertz CT molecular complexity index is 841. The first kappa shape index (κ1) is 18.5. The van der Waals surface area contributed by atoms with E-state index in [0.29, 0.717) is 6.42 Å². The molecule has 0 radical (unpaired) electrons. The summed E-state index contributed by atoms with van der Waals surface area (Å²) in [5.41, 5.74) is -0.0122. The van der Waals surface area contributed by atoms with E-state index < -0.39 is 34.8 Å². The van der Waals surface area contributed by atoms with Crippen LogP contribution in [0.5, 0.6) is 0 Å². The minimum absolute atomic E-state index is 0.0425. The molecular weight excluding hydrogens is 366 g/mol. The van der Waals surface area contributed by atoms with Crippen molar-refractivity contribution in [1.82, 2.24) is 10.0 Å². The molecule has 1 aromatic rings. The number of hydrogen-bond donors (Lipinski definition) is 3. The van der Waals surface area contributed by atoms with Crippen LogP contribution in [0.3, 0.4) is 0 Å². The third-order valence-corrected chi connectivity index (χ3v) is 4.58. The maximum Gasteiger partial charge on any atom is 0.231 e. The van der Waals surface area contributed by atoms with Gasteiger partial charge in [0.05, 0.1) is 11.5 Å². The molecule has 10 heteroatoms. The minimum atomic E-state index is -2.16. The predicted molar refractivity (Wildman–Crippen MR) is 90.3 cm³/mol. The van der Waals surface area contributed by atoms with Crippen LogP contribution in [0.1, 0.15) is 22.3 Å². The van der Waals surface area contributed by atoms with Gasteiger partial charge < -0.3 is 5.32 Å². The molecule has 0 aliphatic carbocycles. The third kappa shape index (κ3) is 3.92. The monoisotopic (exact) mass is 382 g/mol. The lowest BCUT2D eigenvalue weighted by Crippen LogP contribution is -2.26. The van der Waals surface area contributed by atoms with E-state index in [1.165, 1.54) is 12.4 Å². The van der Waals surface area contributed by atoms with Crippen molar-refractivity contribution < 1.29 is 22.3 Å². The van der Waals surface area contributed by atoms with Gasteiger partial charge in [-0.3, -0.25) is 9.35 Å². The number of nitrogens with one attached hydrogen (secondary N) is 2. The Hall–Kier alpha value is -2.30. The van der Waals surface area contributed by atoms with E-state index >= 15 is 0 Å². The van der Waals surface area contributed by atoms with E-state index in [1.54, 1.807) is 6.08 Å². The van der Waals surface area contributed by atoms with Gasteiger partial charge in [0.25, 0.3) is 0 Å². The summed E-state index contributed by atoms with van der Waals surface area (Å²) < 4.78 is 50.1. The molecule has 0 saturated heterocycles. The molecule has 0 bridgehead atoms. The fourth-order valence-corrected chi connectivity index (χ4v) is 3.22. The van der Waals surface area contributed by atoms with Crippen molar-refractivity contribution in [3.05, 3.63) is 58.9 Å². The molecule has 0 aromatic heterocycles. The first-order valence-corrected chi connectivity index (χ1v) is 8.98. The second kappa shape index (κ2) is 7.94. The molecule has 3 atom stereocenters. The molecule has 0 amide bonds. The normalized spacial score (nSPS) is 21.9. The SMILES string of the molecule is O=C(C1=CNC2N=NC=CC12)c1cc(F)cc(CCCNS(=O)O)c1F. The third-order valence-electron chi connectivity index (χ3n) is 4.13. The van der Waals surface area contributed by atoms with Crippen molar-refractivity contribution in [1.29, 1.82) is 0 Å². The van der Waals surface area contributed by atoms with Crippen LogP contribution in [0.15, 0.2) is 46.4 Å². The van der Waals surface area contributed by atoms with Gasteiger partial charge in [-0.15, -0.1) is 0 Å². The largest absolute Gasteiger partial charge is 0.367 e. The van der Waals surface area contributed by atoms with Gasteiger partial charge in [-0.25, -0.2) is 17.7 Å². The highest BCUT2D eigenvalue weighted by Gasteiger charge is 2.34. The highest BCUT2D eigenvalue weighted by molar-refractivity contribution is 7.77. The molecular formula is C16H16F2N4O3S. The first-order chi connectivity index (χ1) is 12.5. The molecule has 0 fully saturated rings. The Kier molecular flexibility index (Phi) is 5.64. The second-order valence-electron chi connectivity index (χ2n) is 5.81. The average molecular weight is 382 g/mol. The van der Waals surface area contributed by atoms with Crippen molar-refractivity contribution in [2.75, 3.05) is 6.54 Å². The molecule has 2 aliphatic heterocycles. The topological polar surface area (TPSA) is 103 Å². The number of fused-ring (bicyclic) bond motifs is 1. The summed E-state index contributed by atoms with van der Waals surface area (Å²) in [5.74, 6) is -2.49. The number of hydrogen-bond acceptors (Lipinski definition) is 5. The molecule has 1 aromatic carbocycles. The van der Waals surface area contributed by atoms with Gasteiger partial charge in [-0.2, -0.15) is 10.2 Å². The van der Waals surface area contributed by atoms with Crippen molar-refractivity contribution in [3.8, 4) is 0 Å². The van der Waals surface area contributed by atoms with E-state index in [2.05, 4.69) is 20.3 Å². The molecule has 7 nitrogen and oxygen atoms in total. The van der Waals surface area contributed by atoms with E-state index in [4.69, 9.17) is 4.55 Å². The quantitative estimate of drug-likeness (QED) is 0.382. The zero-order valence-electron chi connectivity index (χ0n) is 13.5. The van der Waals surface area contributed by atoms with Gasteiger partial charge in [0.2, 0.25) is 11.3 Å². The summed E-state index contributed by atoms with van der Waals surface area (Å²) in [6, 6.07) is 1.91. The number of aryl methyl sites for hydroxylation is 1. The van der Waals surface area contributed by atoms with E-state index in [-0.39, 0.29) is 35.6 Å². The van der Waals surface area contributed by atoms with Crippen LogP contribution in [0.25, 0.3) is 0 Å². The summed E-state index contributed by atoms with van der Waals surface area (Å²) in [7, 11) is 0. The van der Waals surface area contributed by atoms with Crippen molar-refractivity contribution in [2.45, 2.75) is 19.0 Å². The zero-order chi connectivity index (χ0) is 18.7. The van der Waals surface area contributed by atoms with E-state index in [9.17, 15) is 17.8 Å². The summed E-state index contributed by atoms with van der Waals surface area (Å²) in [6.45, 7) is 0.150. The van der Waals surface area contributed by atoms with Crippen LogP contribution in [0.4, 0.5) is 8.78 Å². The molecule has 138 valence electrons. The number of ketones is 1. The van der Waals surface area contributed by atoms with Crippen molar-refractivity contribution >= 4 is 17.0 Å². The van der Waals surface area contributed by atoms with Crippen LogP contribution < -0.4 is 10.0 Å². The Morgan fingerprint density at radius 3 is 2.96 bits per heavy atom. The standard InChI is InChI=1S/C16H16F2N4O3S/c17-10-6-9(2-1-4-21-26(24)25)14(18)12(7-10)15(23)13-8-19-16-11(13)3-5-20-22-16/h3,5-8,11,16,19,21H,1-2,4H2,(H,24,25). The number of rotatable bonds is 7. The lowest BCUT2D eigenvalue weighted by Gasteiger charge is -2.17. The smallest absolute Gasteiger partial charge is 0.231 e. The number of carbonyl (C=O) groups is 1. The highest BCUT2D eigenvalue weighted by Crippen LogP contribution is 2.30. The van der Waals surface area contributed by atoms with E-state index in [1.807, 2.05) is 0 Å². The second-order valence-corrected chi connectivity index (χ2v) is 6.60. The minimum Gasteiger partial charge on any atom is -0.367 e. The fourth-order valence-electron chi connectivity index (χ4n) is 2.90.